The number of hydrogen-bond acceptors (Lipinski definition) is 8. The summed E-state index contributed by atoms with van der Waals surface area (Å²) < 4.78 is 5.42. The molecular weight excluding hydrogens is 642 g/mol. The van der Waals surface area contributed by atoms with E-state index in [0.717, 1.165) is 0 Å². The van der Waals surface area contributed by atoms with E-state index in [-0.39, 0.29) is 29.5 Å². The molecule has 13 nitrogen and oxygen atoms in total. The quantitative estimate of drug-likeness (QED) is 0.214. The van der Waals surface area contributed by atoms with Gasteiger partial charge in [-0.2, -0.15) is 0 Å². The minimum atomic E-state index is -1.20. The summed E-state index contributed by atoms with van der Waals surface area (Å²) in [6, 6.07) is 4.58. The minimum Gasteiger partial charge on any atom is -0.444 e. The zero-order chi connectivity index (χ0) is 37.8. The Morgan fingerprint density at radius 3 is 2.10 bits per heavy atom. The van der Waals surface area contributed by atoms with Crippen LogP contribution in [0.4, 0.5) is 4.79 Å². The van der Waals surface area contributed by atoms with Crippen LogP contribution in [0.5, 0.6) is 0 Å². The van der Waals surface area contributed by atoms with Crippen LogP contribution in [0.25, 0.3) is 0 Å². The van der Waals surface area contributed by atoms with Gasteiger partial charge in [0, 0.05) is 6.54 Å². The van der Waals surface area contributed by atoms with Gasteiger partial charge in [-0.25, -0.2) is 4.79 Å². The Kier molecular flexibility index (Phi) is 12.6. The number of fused-ring (bicyclic) bond motifs is 1. The maximum atomic E-state index is 14.1. The van der Waals surface area contributed by atoms with Gasteiger partial charge in [0.25, 0.3) is 5.91 Å². The Hall–Kier alpha value is -4.29. The lowest BCUT2D eigenvalue weighted by Crippen LogP contribution is -2.60. The standard InChI is InChI=1S/C37H55N5O8/c1-11-12-18-24(29(45)32(47)38-19-25(44)40-27(21(2)43)22-16-14-13-15-17-22)39-31(46)28-26-23(37(26,9)10)20-42(28)33(48)30(35(3,4)5)41-34(49)50-36(6,7)8/h13-17,23-24,26-28,30H,11-12,18-20H2,1-10H3,(H,38,47)(H,39,46)(H,40,44)(H,41,49)/t23-,24?,26-,27+,28-,30+/m0/s1. The normalized spacial score (nSPS) is 21.1. The topological polar surface area (TPSA) is 180 Å². The van der Waals surface area contributed by atoms with Crippen LogP contribution in [0, 0.1) is 22.7 Å². The predicted molar refractivity (Wildman–Crippen MR) is 186 cm³/mol. The third-order valence-corrected chi connectivity index (χ3v) is 9.49. The number of rotatable bonds is 14. The van der Waals surface area contributed by atoms with Crippen LogP contribution in [0.1, 0.15) is 100 Å². The molecule has 1 aliphatic carbocycles. The number of nitrogens with zero attached hydrogens (tertiary/aromatic N) is 1. The van der Waals surface area contributed by atoms with Gasteiger partial charge in [0.05, 0.1) is 12.6 Å². The van der Waals surface area contributed by atoms with Crippen molar-refractivity contribution < 1.29 is 38.3 Å². The lowest BCUT2D eigenvalue weighted by molar-refractivity contribution is -0.145. The summed E-state index contributed by atoms with van der Waals surface area (Å²) in [7, 11) is 0. The molecule has 1 aliphatic heterocycles. The molecule has 0 bridgehead atoms. The highest BCUT2D eigenvalue weighted by Gasteiger charge is 2.70. The first-order valence-corrected chi connectivity index (χ1v) is 17.4. The maximum Gasteiger partial charge on any atom is 0.408 e. The summed E-state index contributed by atoms with van der Waals surface area (Å²) in [6.45, 7) is 17.6. The van der Waals surface area contributed by atoms with Crippen LogP contribution in [-0.4, -0.2) is 83.0 Å². The van der Waals surface area contributed by atoms with Gasteiger partial charge in [-0.3, -0.25) is 28.8 Å². The average molecular weight is 698 g/mol. The summed E-state index contributed by atoms with van der Waals surface area (Å²) in [6.07, 6.45) is 0.631. The number of nitrogens with one attached hydrogen (secondary N) is 4. The van der Waals surface area contributed by atoms with Crippen LogP contribution in [0.15, 0.2) is 30.3 Å². The molecule has 1 heterocycles. The van der Waals surface area contributed by atoms with Gasteiger partial charge in [0.2, 0.25) is 23.5 Å². The second-order valence-electron chi connectivity index (χ2n) is 16.1. The molecule has 0 aromatic heterocycles. The third kappa shape index (κ3) is 9.91. The van der Waals surface area contributed by atoms with Crippen molar-refractivity contribution in [3.05, 3.63) is 35.9 Å². The molecule has 5 amide bonds. The number of carbonyl (C=O) groups is 7. The van der Waals surface area contributed by atoms with Crippen molar-refractivity contribution in [2.45, 2.75) is 118 Å². The number of amides is 5. The van der Waals surface area contributed by atoms with Gasteiger partial charge in [-0.05, 0) is 62.3 Å². The Morgan fingerprint density at radius 1 is 0.940 bits per heavy atom. The summed E-state index contributed by atoms with van der Waals surface area (Å²) in [5.74, 6) is -4.10. The smallest absolute Gasteiger partial charge is 0.408 e. The van der Waals surface area contributed by atoms with Crippen molar-refractivity contribution in [3.63, 3.8) is 0 Å². The Bertz CT molecular complexity index is 1460. The van der Waals surface area contributed by atoms with Gasteiger partial charge < -0.3 is 30.9 Å². The number of Topliss-reactive ketones (excluding diaryl/α,β-unsaturated/α-hetero) is 2. The van der Waals surface area contributed by atoms with E-state index < -0.39 is 77.2 Å². The van der Waals surface area contributed by atoms with Crippen LogP contribution >= 0.6 is 0 Å². The fourth-order valence-corrected chi connectivity index (χ4v) is 6.67. The minimum absolute atomic E-state index is 0.0330. The zero-order valence-electron chi connectivity index (χ0n) is 31.1. The number of hydrogen-bond donors (Lipinski definition) is 4. The van der Waals surface area contributed by atoms with Crippen molar-refractivity contribution >= 4 is 41.3 Å². The van der Waals surface area contributed by atoms with Crippen LogP contribution < -0.4 is 21.3 Å². The number of piperidine rings is 1. The van der Waals surface area contributed by atoms with E-state index in [2.05, 4.69) is 21.3 Å². The van der Waals surface area contributed by atoms with Crippen LogP contribution in [-0.2, 0) is 33.5 Å². The number of unbranched alkanes of at least 4 members (excludes halogenated alkanes) is 1. The molecule has 3 rings (SSSR count). The first-order valence-electron chi connectivity index (χ1n) is 17.4. The van der Waals surface area contributed by atoms with Crippen molar-refractivity contribution in [1.29, 1.82) is 0 Å². The van der Waals surface area contributed by atoms with Gasteiger partial charge in [-0.1, -0.05) is 84.7 Å². The molecule has 1 aromatic carbocycles. The largest absolute Gasteiger partial charge is 0.444 e. The number of ketones is 2. The zero-order valence-corrected chi connectivity index (χ0v) is 31.1. The lowest BCUT2D eigenvalue weighted by Gasteiger charge is -2.38. The van der Waals surface area contributed by atoms with Gasteiger partial charge in [0.1, 0.15) is 23.7 Å². The molecule has 1 saturated heterocycles. The number of ether oxygens (including phenoxy) is 1. The molecule has 276 valence electrons. The van der Waals surface area contributed by atoms with Gasteiger partial charge in [0.15, 0.2) is 5.78 Å². The highest BCUT2D eigenvalue weighted by atomic mass is 16.6. The molecule has 0 spiro atoms. The summed E-state index contributed by atoms with van der Waals surface area (Å²) in [4.78, 5) is 93.7. The fourth-order valence-electron chi connectivity index (χ4n) is 6.67. The number of likely N-dealkylation sites (tertiary alicyclic amines) is 1. The highest BCUT2D eigenvalue weighted by molar-refractivity contribution is 6.38. The number of carbonyl (C=O) groups excluding carboxylic acids is 7. The molecule has 0 radical (unpaired) electrons. The van der Waals surface area contributed by atoms with E-state index in [9.17, 15) is 33.6 Å². The number of alkyl carbamates (subject to hydrolysis) is 1. The van der Waals surface area contributed by atoms with Crippen LogP contribution in [0.3, 0.4) is 0 Å². The summed E-state index contributed by atoms with van der Waals surface area (Å²) in [5, 5.41) is 10.4. The predicted octanol–water partition coefficient (Wildman–Crippen LogP) is 3.22. The van der Waals surface area contributed by atoms with Gasteiger partial charge in [-0.15, -0.1) is 0 Å². The molecule has 1 unspecified atom stereocenters. The van der Waals surface area contributed by atoms with Gasteiger partial charge >= 0.3 is 6.09 Å². The highest BCUT2D eigenvalue weighted by Crippen LogP contribution is 2.65. The fraction of sp³-hybridized carbons (Fsp3) is 0.649. The maximum absolute atomic E-state index is 14.1. The van der Waals surface area contributed by atoms with E-state index in [1.807, 2.05) is 41.5 Å². The first kappa shape index (κ1) is 40.1. The molecule has 13 heteroatoms. The number of benzene rings is 1. The van der Waals surface area contributed by atoms with Crippen molar-refractivity contribution in [2.75, 3.05) is 13.1 Å². The monoisotopic (exact) mass is 697 g/mol. The summed E-state index contributed by atoms with van der Waals surface area (Å²) >= 11 is 0. The summed E-state index contributed by atoms with van der Waals surface area (Å²) in [5.41, 5.74) is -1.17. The second-order valence-corrected chi connectivity index (χ2v) is 16.1. The molecule has 4 N–H and O–H groups in total. The van der Waals surface area contributed by atoms with Crippen LogP contribution in [0.2, 0.25) is 0 Å². The molecule has 1 saturated carbocycles. The van der Waals surface area contributed by atoms with Crippen molar-refractivity contribution in [3.8, 4) is 0 Å². The van der Waals surface area contributed by atoms with Crippen molar-refractivity contribution in [1.82, 2.24) is 26.2 Å². The van der Waals surface area contributed by atoms with E-state index in [0.29, 0.717) is 24.9 Å². The Balaban J connectivity index is 1.75. The molecule has 6 atom stereocenters. The molecule has 50 heavy (non-hydrogen) atoms. The third-order valence-electron chi connectivity index (χ3n) is 9.49. The van der Waals surface area contributed by atoms with E-state index >= 15 is 0 Å². The average Bonchev–Trinajstić information content (AvgIpc) is 3.32. The lowest BCUT2D eigenvalue weighted by atomic mass is 9.85. The van der Waals surface area contributed by atoms with E-state index in [1.165, 1.54) is 11.8 Å². The molecular formula is C37H55N5O8. The van der Waals surface area contributed by atoms with Crippen molar-refractivity contribution in [2.24, 2.45) is 22.7 Å². The second kappa shape index (κ2) is 15.7. The first-order chi connectivity index (χ1) is 23.1. The Morgan fingerprint density at radius 2 is 1.56 bits per heavy atom. The molecule has 1 aromatic rings. The van der Waals surface area contributed by atoms with E-state index in [4.69, 9.17) is 4.74 Å². The molecule has 2 fully saturated rings. The van der Waals surface area contributed by atoms with E-state index in [1.54, 1.807) is 51.1 Å². The molecule has 2 aliphatic rings. The SMILES string of the molecule is CCCCC(NC(=O)[C@@H]1[C@@H]2[C@H](CN1C(=O)[C@@H](NC(=O)OC(C)(C)C)C(C)(C)C)C2(C)C)C(=O)C(=O)NCC(=O)N[C@H](C(C)=O)c1ccccc1. The Labute approximate surface area is 295 Å².